The van der Waals surface area contributed by atoms with Gasteiger partial charge in [0.05, 0.1) is 0 Å². The summed E-state index contributed by atoms with van der Waals surface area (Å²) in [7, 11) is 0. The summed E-state index contributed by atoms with van der Waals surface area (Å²) >= 11 is 0. The topological polar surface area (TPSA) is 132 Å². The molecule has 4 N–H and O–H groups in total. The summed E-state index contributed by atoms with van der Waals surface area (Å²) in [5.41, 5.74) is 0. The van der Waals surface area contributed by atoms with Gasteiger partial charge in [-0.25, -0.2) is 9.59 Å². The van der Waals surface area contributed by atoms with Crippen LogP contribution < -0.4 is 0 Å². The van der Waals surface area contributed by atoms with Crippen molar-refractivity contribution in [3.05, 3.63) is 0 Å². The van der Waals surface area contributed by atoms with E-state index in [4.69, 9.17) is 20.4 Å². The van der Waals surface area contributed by atoms with Crippen LogP contribution in [0, 0.1) is 0 Å². The normalized spacial score (nSPS) is 14.8. The molecule has 0 aliphatic rings. The maximum atomic E-state index is 10.3. The van der Waals surface area contributed by atoms with E-state index in [1.165, 1.54) is 0 Å². The molecule has 0 saturated heterocycles. The second-order valence-electron chi connectivity index (χ2n) is 1.90. The Morgan fingerprint density at radius 1 is 0.917 bits per heavy atom. The van der Waals surface area contributed by atoms with Crippen molar-refractivity contribution in [3.63, 3.8) is 0 Å². The predicted molar refractivity (Wildman–Crippen MR) is 32.3 cm³/mol. The third kappa shape index (κ3) is 2.29. The lowest BCUT2D eigenvalue weighted by Gasteiger charge is -2.09. The summed E-state index contributed by atoms with van der Waals surface area (Å²) in [6.45, 7) is 0. The minimum atomic E-state index is -2.43. The van der Waals surface area contributed by atoms with Crippen LogP contribution in [0.5, 0.6) is 0 Å². The van der Waals surface area contributed by atoms with E-state index in [1.807, 2.05) is 0 Å². The number of ketones is 1. The van der Waals surface area contributed by atoms with Crippen LogP contribution >= 0.6 is 0 Å². The lowest BCUT2D eigenvalue weighted by Crippen LogP contribution is -2.42. The van der Waals surface area contributed by atoms with Crippen LogP contribution in [-0.2, 0) is 14.4 Å². The minimum absolute atomic E-state index is 1.76. The molecule has 2 atom stereocenters. The Balaban J connectivity index is 4.39. The van der Waals surface area contributed by atoms with Gasteiger partial charge in [0.25, 0.3) is 5.78 Å². The molecule has 0 fully saturated rings. The van der Waals surface area contributed by atoms with Crippen molar-refractivity contribution in [1.29, 1.82) is 0 Å². The summed E-state index contributed by atoms with van der Waals surface area (Å²) in [4.78, 5) is 30.1. The Morgan fingerprint density at radius 2 is 1.33 bits per heavy atom. The van der Waals surface area contributed by atoms with Gasteiger partial charge in [0, 0.05) is 0 Å². The summed E-state index contributed by atoms with van der Waals surface area (Å²) in [6.07, 6.45) is -4.84. The van der Waals surface area contributed by atoms with E-state index in [0.717, 1.165) is 0 Å². The largest absolute Gasteiger partial charge is 0.479 e. The van der Waals surface area contributed by atoms with Crippen LogP contribution in [0.4, 0.5) is 0 Å². The van der Waals surface area contributed by atoms with Gasteiger partial charge in [-0.15, -0.1) is 0 Å². The first-order chi connectivity index (χ1) is 5.37. The van der Waals surface area contributed by atoms with Crippen molar-refractivity contribution < 1.29 is 34.8 Å². The van der Waals surface area contributed by atoms with Crippen LogP contribution in [0.25, 0.3) is 0 Å². The number of hydrogen-bond donors (Lipinski definition) is 4. The van der Waals surface area contributed by atoms with E-state index < -0.39 is 29.9 Å². The third-order valence-electron chi connectivity index (χ3n) is 1.03. The van der Waals surface area contributed by atoms with Crippen molar-refractivity contribution in [2.75, 3.05) is 0 Å². The molecular weight excluding hydrogens is 172 g/mol. The summed E-state index contributed by atoms with van der Waals surface area (Å²) in [6, 6.07) is 0. The van der Waals surface area contributed by atoms with Gasteiger partial charge in [-0.2, -0.15) is 0 Å². The van der Waals surface area contributed by atoms with Gasteiger partial charge in [-0.05, 0) is 0 Å². The van der Waals surface area contributed by atoms with Gasteiger partial charge in [0.2, 0.25) is 0 Å². The fourth-order valence-electron chi connectivity index (χ4n) is 0.405. The molecule has 2 unspecified atom stereocenters. The number of carboxylic acid groups (broad SMARTS) is 2. The van der Waals surface area contributed by atoms with Gasteiger partial charge in [0.15, 0.2) is 12.2 Å². The number of aliphatic carboxylic acids is 2. The highest BCUT2D eigenvalue weighted by atomic mass is 16.4. The lowest BCUT2D eigenvalue weighted by atomic mass is 10.1. The fraction of sp³-hybridized carbons (Fsp3) is 0.400. The Morgan fingerprint density at radius 3 is 1.58 bits per heavy atom. The molecule has 68 valence electrons. The number of carbonyl (C=O) groups is 3. The van der Waals surface area contributed by atoms with E-state index in [0.29, 0.717) is 0 Å². The SMILES string of the molecule is O=C(O)C(=O)C(O)C(O)C(=O)O. The molecule has 0 aromatic carbocycles. The minimum Gasteiger partial charge on any atom is -0.479 e. The second-order valence-corrected chi connectivity index (χ2v) is 1.90. The molecule has 0 aromatic heterocycles. The molecule has 0 amide bonds. The highest BCUT2D eigenvalue weighted by molar-refractivity contribution is 6.35. The van der Waals surface area contributed by atoms with E-state index in [-0.39, 0.29) is 0 Å². The highest BCUT2D eigenvalue weighted by Gasteiger charge is 2.33. The Kier molecular flexibility index (Phi) is 3.32. The van der Waals surface area contributed by atoms with Crippen LogP contribution in [0.2, 0.25) is 0 Å². The average molecular weight is 178 g/mol. The van der Waals surface area contributed by atoms with E-state index in [1.54, 1.807) is 0 Å². The summed E-state index contributed by atoms with van der Waals surface area (Å²) in [5.74, 6) is -5.62. The monoisotopic (exact) mass is 178 g/mol. The molecule has 7 nitrogen and oxygen atoms in total. The van der Waals surface area contributed by atoms with Crippen molar-refractivity contribution in [2.45, 2.75) is 12.2 Å². The van der Waals surface area contributed by atoms with Crippen LogP contribution in [0.3, 0.4) is 0 Å². The van der Waals surface area contributed by atoms with Gasteiger partial charge >= 0.3 is 11.9 Å². The molecule has 0 saturated carbocycles. The number of aliphatic hydroxyl groups excluding tert-OH is 2. The molecule has 0 aliphatic heterocycles. The van der Waals surface area contributed by atoms with E-state index in [2.05, 4.69) is 0 Å². The van der Waals surface area contributed by atoms with E-state index >= 15 is 0 Å². The van der Waals surface area contributed by atoms with Crippen molar-refractivity contribution in [1.82, 2.24) is 0 Å². The number of rotatable bonds is 4. The van der Waals surface area contributed by atoms with Crippen LogP contribution in [-0.4, -0.2) is 50.4 Å². The molecular formula is C5H6O7. The smallest absolute Gasteiger partial charge is 0.375 e. The lowest BCUT2D eigenvalue weighted by molar-refractivity contribution is -0.163. The molecule has 0 heterocycles. The molecule has 12 heavy (non-hydrogen) atoms. The Labute approximate surface area is 65.9 Å². The average Bonchev–Trinajstić information content (AvgIpc) is 2.00. The van der Waals surface area contributed by atoms with Crippen molar-refractivity contribution in [3.8, 4) is 0 Å². The molecule has 7 heteroatoms. The van der Waals surface area contributed by atoms with Gasteiger partial charge in [0.1, 0.15) is 0 Å². The van der Waals surface area contributed by atoms with Crippen molar-refractivity contribution >= 4 is 17.7 Å². The standard InChI is InChI=1S/C5H6O7/c6-1(2(7)4(9)10)3(8)5(11)12/h1-2,6-7H,(H,9,10)(H,11,12). The molecule has 0 bridgehead atoms. The number of aliphatic hydroxyl groups is 2. The zero-order chi connectivity index (χ0) is 9.89. The zero-order valence-corrected chi connectivity index (χ0v) is 5.67. The first-order valence-electron chi connectivity index (χ1n) is 2.74. The molecule has 0 rings (SSSR count). The highest BCUT2D eigenvalue weighted by Crippen LogP contribution is 1.95. The van der Waals surface area contributed by atoms with Gasteiger partial charge in [-0.1, -0.05) is 0 Å². The van der Waals surface area contributed by atoms with Crippen molar-refractivity contribution in [2.24, 2.45) is 0 Å². The van der Waals surface area contributed by atoms with Crippen LogP contribution in [0.15, 0.2) is 0 Å². The first-order valence-corrected chi connectivity index (χ1v) is 2.74. The number of carbonyl (C=O) groups excluding carboxylic acids is 1. The molecule has 0 aliphatic carbocycles. The summed E-state index contributed by atoms with van der Waals surface area (Å²) in [5, 5.41) is 33.0. The fourth-order valence-corrected chi connectivity index (χ4v) is 0.405. The van der Waals surface area contributed by atoms with Gasteiger partial charge < -0.3 is 20.4 Å². The van der Waals surface area contributed by atoms with Crippen LogP contribution in [0.1, 0.15) is 0 Å². The van der Waals surface area contributed by atoms with E-state index in [9.17, 15) is 14.4 Å². The maximum absolute atomic E-state index is 10.3. The number of hydrogen-bond acceptors (Lipinski definition) is 5. The predicted octanol–water partition coefficient (Wildman–Crippen LogP) is -2.55. The Bertz CT molecular complexity index is 220. The second kappa shape index (κ2) is 3.79. The third-order valence-corrected chi connectivity index (χ3v) is 1.03. The Hall–Kier alpha value is -1.47. The quantitative estimate of drug-likeness (QED) is 0.348. The number of Topliss-reactive ketones (excluding diaryl/α,β-unsaturated/α-hetero) is 1. The number of carboxylic acids is 2. The summed E-state index contributed by atoms with van der Waals surface area (Å²) < 4.78 is 0. The molecule has 0 aromatic rings. The molecule has 0 radical (unpaired) electrons. The maximum Gasteiger partial charge on any atom is 0.375 e. The first kappa shape index (κ1) is 10.5. The molecule has 0 spiro atoms. The zero-order valence-electron chi connectivity index (χ0n) is 5.67. The van der Waals surface area contributed by atoms with Gasteiger partial charge in [-0.3, -0.25) is 4.79 Å².